The van der Waals surface area contributed by atoms with Gasteiger partial charge in [0.05, 0.1) is 52.9 Å². The zero-order valence-corrected chi connectivity index (χ0v) is 33.9. The highest BCUT2D eigenvalue weighted by molar-refractivity contribution is 7.18. The molecule has 5 amide bonds. The van der Waals surface area contributed by atoms with Gasteiger partial charge < -0.3 is 20.4 Å². The standard InChI is InChI=1S/C42H42N12O5S/c1-24(2)47-30-20-31(32-8-7-26-19-25(43-3)21-46-54(26)32)44-22-28(30)38-49-50-41(60-38)52-17-13-42(14-18-52)11-15-51(16-12-42)35(56)23-45-29-6-4-5-27-36(29)40(59)53(39(27)58)33-9-10-34(55)48-37(33)57/h4-8,19-22,24,33,45H,9-18,23H2,1-2H3,(H,44,47)(H,48,55,57). The Balaban J connectivity index is 0.804. The molecule has 0 saturated carbocycles. The minimum atomic E-state index is -1.06. The molecule has 4 aliphatic rings. The van der Waals surface area contributed by atoms with Crippen molar-refractivity contribution in [2.45, 2.75) is 64.5 Å². The summed E-state index contributed by atoms with van der Waals surface area (Å²) in [7, 11) is 0. The summed E-state index contributed by atoms with van der Waals surface area (Å²) >= 11 is 1.55. The molecule has 0 radical (unpaired) electrons. The van der Waals surface area contributed by atoms with Crippen LogP contribution in [-0.4, -0.2) is 109 Å². The number of pyridine rings is 1. The van der Waals surface area contributed by atoms with E-state index < -0.39 is 29.7 Å². The van der Waals surface area contributed by atoms with E-state index in [0.29, 0.717) is 24.5 Å². The number of nitrogens with zero attached hydrogens (tertiary/aromatic N) is 9. The third-order valence-corrected chi connectivity index (χ3v) is 13.1. The van der Waals surface area contributed by atoms with Gasteiger partial charge in [-0.3, -0.25) is 39.2 Å². The third-order valence-electron chi connectivity index (χ3n) is 12.0. The summed E-state index contributed by atoms with van der Waals surface area (Å²) in [6.07, 6.45) is 7.22. The summed E-state index contributed by atoms with van der Waals surface area (Å²) in [5, 5.41) is 24.2. The van der Waals surface area contributed by atoms with Crippen LogP contribution < -0.4 is 20.9 Å². The monoisotopic (exact) mass is 826 g/mol. The molecule has 9 rings (SSSR count). The highest BCUT2D eigenvalue weighted by Crippen LogP contribution is 2.44. The Labute approximate surface area is 349 Å². The normalized spacial score (nSPS) is 18.9. The number of likely N-dealkylation sites (tertiary alicyclic amines) is 1. The number of carbonyl (C=O) groups excluding carboxylic acids is 5. The van der Waals surface area contributed by atoms with Gasteiger partial charge in [-0.2, -0.15) is 5.10 Å². The van der Waals surface area contributed by atoms with Crippen LogP contribution >= 0.6 is 11.3 Å². The average Bonchev–Trinajstić information content (AvgIpc) is 3.97. The van der Waals surface area contributed by atoms with E-state index in [1.54, 1.807) is 40.2 Å². The molecule has 1 unspecified atom stereocenters. The number of fused-ring (bicyclic) bond motifs is 2. The van der Waals surface area contributed by atoms with Crippen LogP contribution in [0.5, 0.6) is 0 Å². The summed E-state index contributed by atoms with van der Waals surface area (Å²) in [6, 6.07) is 11.6. The topological polar surface area (TPSA) is 191 Å². The molecule has 5 aromatic rings. The maximum absolute atomic E-state index is 13.5. The fourth-order valence-electron chi connectivity index (χ4n) is 8.74. The first-order valence-electron chi connectivity index (χ1n) is 20.1. The van der Waals surface area contributed by atoms with Gasteiger partial charge in [-0.1, -0.05) is 17.4 Å². The van der Waals surface area contributed by atoms with Gasteiger partial charge in [0, 0.05) is 56.2 Å². The second kappa shape index (κ2) is 15.5. The second-order valence-electron chi connectivity index (χ2n) is 16.1. The Bertz CT molecular complexity index is 2610. The minimum Gasteiger partial charge on any atom is -0.382 e. The first kappa shape index (κ1) is 38.8. The molecule has 1 spiro atoms. The van der Waals surface area contributed by atoms with Crippen LogP contribution in [0.15, 0.2) is 54.9 Å². The number of amides is 5. The maximum atomic E-state index is 13.5. The van der Waals surface area contributed by atoms with Gasteiger partial charge in [0.2, 0.25) is 28.5 Å². The number of rotatable bonds is 9. The smallest absolute Gasteiger partial charge is 0.264 e. The van der Waals surface area contributed by atoms with Crippen LogP contribution in [0, 0.1) is 12.0 Å². The molecule has 0 aliphatic carbocycles. The quantitative estimate of drug-likeness (QED) is 0.133. The Kier molecular flexibility index (Phi) is 9.98. The molecule has 4 aromatic heterocycles. The van der Waals surface area contributed by atoms with E-state index in [0.717, 1.165) is 82.0 Å². The van der Waals surface area contributed by atoms with Crippen LogP contribution in [0.25, 0.3) is 32.3 Å². The average molecular weight is 827 g/mol. The number of hydrogen-bond donors (Lipinski definition) is 3. The van der Waals surface area contributed by atoms with E-state index in [-0.39, 0.29) is 47.9 Å². The van der Waals surface area contributed by atoms with Crippen molar-refractivity contribution in [1.82, 2.24) is 39.9 Å². The number of hydrogen-bond acceptors (Lipinski definition) is 13. The summed E-state index contributed by atoms with van der Waals surface area (Å²) in [5.41, 5.74) is 5.41. The SMILES string of the molecule is [C-]#[N+]c1cnn2c(-c3cc(NC(C)C)c(-c4nnc(N5CCC6(CCN(C(=O)CNc7cccc8c7C(=O)N(C7CCC(=O)NC7=O)C8=O)CC6)CC5)s4)cn3)ccc2c1. The number of carbonyl (C=O) groups is 5. The van der Waals surface area contributed by atoms with Crippen molar-refractivity contribution >= 4 is 68.6 Å². The van der Waals surface area contributed by atoms with Crippen molar-refractivity contribution in [2.24, 2.45) is 5.41 Å². The first-order chi connectivity index (χ1) is 29.0. The highest BCUT2D eigenvalue weighted by Gasteiger charge is 2.46. The van der Waals surface area contributed by atoms with Crippen LogP contribution in [0.1, 0.15) is 73.1 Å². The number of aromatic nitrogens is 5. The van der Waals surface area contributed by atoms with Crippen LogP contribution in [0.3, 0.4) is 0 Å². The number of benzene rings is 1. The Morgan fingerprint density at radius 3 is 2.50 bits per heavy atom. The molecule has 1 atom stereocenters. The summed E-state index contributed by atoms with van der Waals surface area (Å²) < 4.78 is 1.79. The second-order valence-corrected chi connectivity index (χ2v) is 17.0. The summed E-state index contributed by atoms with van der Waals surface area (Å²) in [6.45, 7) is 14.4. The lowest BCUT2D eigenvalue weighted by Crippen LogP contribution is -2.54. The molecule has 306 valence electrons. The van der Waals surface area contributed by atoms with Crippen LogP contribution in [0.4, 0.5) is 22.2 Å². The van der Waals surface area contributed by atoms with E-state index in [1.165, 1.54) is 6.07 Å². The largest absolute Gasteiger partial charge is 0.382 e. The Morgan fingerprint density at radius 1 is 0.967 bits per heavy atom. The fraction of sp³-hybridized carbons (Fsp3) is 0.381. The van der Waals surface area contributed by atoms with Gasteiger partial charge >= 0.3 is 0 Å². The van der Waals surface area contributed by atoms with Crippen molar-refractivity contribution in [3.63, 3.8) is 0 Å². The van der Waals surface area contributed by atoms with Crippen molar-refractivity contribution in [3.8, 4) is 22.0 Å². The van der Waals surface area contributed by atoms with E-state index >= 15 is 0 Å². The molecule has 3 N–H and O–H groups in total. The zero-order valence-electron chi connectivity index (χ0n) is 33.1. The maximum Gasteiger partial charge on any atom is 0.264 e. The van der Waals surface area contributed by atoms with E-state index in [4.69, 9.17) is 11.6 Å². The fourth-order valence-corrected chi connectivity index (χ4v) is 9.66. The Hall–Kier alpha value is -6.74. The number of nitrogens with one attached hydrogen (secondary N) is 3. The van der Waals surface area contributed by atoms with Crippen molar-refractivity contribution in [2.75, 3.05) is 48.3 Å². The van der Waals surface area contributed by atoms with E-state index in [9.17, 15) is 24.0 Å². The van der Waals surface area contributed by atoms with Crippen molar-refractivity contribution in [1.29, 1.82) is 0 Å². The highest BCUT2D eigenvalue weighted by atomic mass is 32.1. The molecule has 0 bridgehead atoms. The Morgan fingerprint density at radius 2 is 1.75 bits per heavy atom. The molecule has 60 heavy (non-hydrogen) atoms. The van der Waals surface area contributed by atoms with Gasteiger partial charge in [-0.15, -0.1) is 10.2 Å². The lowest BCUT2D eigenvalue weighted by atomic mass is 9.71. The molecule has 17 nitrogen and oxygen atoms in total. The molecular formula is C42H42N12O5S. The molecule has 1 aromatic carbocycles. The van der Waals surface area contributed by atoms with Crippen molar-refractivity contribution < 1.29 is 24.0 Å². The molecular weight excluding hydrogens is 785 g/mol. The minimum absolute atomic E-state index is 0.0380. The predicted molar refractivity (Wildman–Crippen MR) is 224 cm³/mol. The van der Waals surface area contributed by atoms with E-state index in [2.05, 4.69) is 54.8 Å². The van der Waals surface area contributed by atoms with E-state index in [1.807, 2.05) is 29.3 Å². The molecule has 3 fully saturated rings. The predicted octanol–water partition coefficient (Wildman–Crippen LogP) is 5.01. The molecule has 8 heterocycles. The van der Waals surface area contributed by atoms with Gasteiger partial charge in [0.15, 0.2) is 5.01 Å². The van der Waals surface area contributed by atoms with Crippen molar-refractivity contribution in [3.05, 3.63) is 77.4 Å². The van der Waals surface area contributed by atoms with Gasteiger partial charge in [-0.05, 0) is 87.8 Å². The number of piperidine rings is 3. The molecule has 4 aliphatic heterocycles. The summed E-state index contributed by atoms with van der Waals surface area (Å²) in [5.74, 6) is -2.40. The summed E-state index contributed by atoms with van der Waals surface area (Å²) in [4.78, 5) is 77.7. The lowest BCUT2D eigenvalue weighted by Gasteiger charge is -2.46. The first-order valence-corrected chi connectivity index (χ1v) is 20.9. The zero-order chi connectivity index (χ0) is 41.7. The third kappa shape index (κ3) is 7.08. The van der Waals surface area contributed by atoms with Crippen LogP contribution in [-0.2, 0) is 14.4 Å². The van der Waals surface area contributed by atoms with Gasteiger partial charge in [0.1, 0.15) is 6.04 Å². The molecule has 18 heteroatoms. The number of imide groups is 2. The van der Waals surface area contributed by atoms with Crippen LogP contribution in [0.2, 0.25) is 0 Å². The van der Waals surface area contributed by atoms with Gasteiger partial charge in [0.25, 0.3) is 11.8 Å². The number of anilines is 3. The molecule has 3 saturated heterocycles. The lowest BCUT2D eigenvalue weighted by molar-refractivity contribution is -0.136. The van der Waals surface area contributed by atoms with Gasteiger partial charge in [-0.25, -0.2) is 9.36 Å².